The average molecular weight is 817 g/mol. The fourth-order valence-corrected chi connectivity index (χ4v) is 9.62. The lowest BCUT2D eigenvalue weighted by Gasteiger charge is -2.18. The Balaban J connectivity index is 1.12. The zero-order valence-corrected chi connectivity index (χ0v) is 34.5. The molecule has 0 saturated carbocycles. The van der Waals surface area contributed by atoms with E-state index < -0.39 is 0 Å². The van der Waals surface area contributed by atoms with Crippen LogP contribution in [0.1, 0.15) is 0 Å². The van der Waals surface area contributed by atoms with Crippen molar-refractivity contribution in [2.24, 2.45) is 0 Å². The van der Waals surface area contributed by atoms with E-state index in [1.54, 1.807) is 0 Å². The Labute approximate surface area is 368 Å². The number of nitrogens with zero attached hydrogens (tertiary/aromatic N) is 4. The first-order valence-electron chi connectivity index (χ1n) is 21.6. The molecule has 3 heterocycles. The van der Waals surface area contributed by atoms with Gasteiger partial charge in [-0.1, -0.05) is 170 Å². The van der Waals surface area contributed by atoms with Crippen LogP contribution in [0.15, 0.2) is 223 Å². The number of furan rings is 1. The first-order chi connectivity index (χ1) is 31.7. The van der Waals surface area contributed by atoms with E-state index in [0.29, 0.717) is 17.5 Å². The second-order valence-corrected chi connectivity index (χ2v) is 16.4. The topological polar surface area (TPSA) is 56.7 Å². The highest BCUT2D eigenvalue weighted by Gasteiger charge is 2.24. The highest BCUT2D eigenvalue weighted by Crippen LogP contribution is 2.46. The van der Waals surface area contributed by atoms with Gasteiger partial charge in [-0.05, 0) is 86.8 Å². The lowest BCUT2D eigenvalue weighted by molar-refractivity contribution is 0.669. The first kappa shape index (κ1) is 36.0. The molecular formula is C59H36N4O. The number of fused-ring (bicyclic) bond motifs is 8. The molecule has 13 rings (SSSR count). The van der Waals surface area contributed by atoms with E-state index in [9.17, 15) is 0 Å². The molecule has 298 valence electrons. The third-order valence-electron chi connectivity index (χ3n) is 12.6. The number of aromatic nitrogens is 4. The first-order valence-corrected chi connectivity index (χ1v) is 21.6. The largest absolute Gasteiger partial charge is 0.456 e. The molecule has 3 aromatic heterocycles. The molecular weight excluding hydrogens is 781 g/mol. The highest BCUT2D eigenvalue weighted by atomic mass is 16.3. The van der Waals surface area contributed by atoms with E-state index in [1.807, 2.05) is 30.3 Å². The molecule has 0 N–H and O–H groups in total. The Morgan fingerprint density at radius 1 is 0.328 bits per heavy atom. The van der Waals surface area contributed by atoms with Crippen LogP contribution in [0.4, 0.5) is 0 Å². The molecule has 0 unspecified atom stereocenters. The minimum atomic E-state index is 0.583. The van der Waals surface area contributed by atoms with E-state index in [1.165, 1.54) is 21.5 Å². The van der Waals surface area contributed by atoms with Gasteiger partial charge in [-0.2, -0.15) is 0 Å². The van der Waals surface area contributed by atoms with Gasteiger partial charge in [-0.25, -0.2) is 15.0 Å². The van der Waals surface area contributed by atoms with Gasteiger partial charge in [-0.3, -0.25) is 0 Å². The van der Waals surface area contributed by atoms with E-state index >= 15 is 0 Å². The Bertz CT molecular complexity index is 3940. The minimum Gasteiger partial charge on any atom is -0.456 e. The third-order valence-corrected chi connectivity index (χ3v) is 12.6. The van der Waals surface area contributed by atoms with Crippen LogP contribution >= 0.6 is 0 Å². The Morgan fingerprint density at radius 3 is 1.66 bits per heavy atom. The van der Waals surface area contributed by atoms with Gasteiger partial charge in [0, 0.05) is 49.5 Å². The maximum absolute atomic E-state index is 6.68. The zero-order valence-electron chi connectivity index (χ0n) is 34.5. The minimum absolute atomic E-state index is 0.583. The van der Waals surface area contributed by atoms with Crippen molar-refractivity contribution in [1.82, 2.24) is 19.5 Å². The molecule has 0 aliphatic heterocycles. The number of rotatable bonds is 6. The second-order valence-electron chi connectivity index (χ2n) is 16.4. The molecule has 0 spiro atoms. The van der Waals surface area contributed by atoms with Gasteiger partial charge < -0.3 is 8.98 Å². The third kappa shape index (κ3) is 5.83. The molecule has 5 nitrogen and oxygen atoms in total. The molecule has 5 heteroatoms. The van der Waals surface area contributed by atoms with Crippen LogP contribution in [-0.4, -0.2) is 19.5 Å². The fraction of sp³-hybridized carbons (Fsp3) is 0. The molecule has 0 bridgehead atoms. The molecule has 13 aromatic rings. The van der Waals surface area contributed by atoms with Crippen molar-refractivity contribution in [3.8, 4) is 62.1 Å². The van der Waals surface area contributed by atoms with Crippen LogP contribution in [-0.2, 0) is 0 Å². The molecule has 0 aliphatic carbocycles. The van der Waals surface area contributed by atoms with E-state index in [-0.39, 0.29) is 0 Å². The van der Waals surface area contributed by atoms with Crippen molar-refractivity contribution in [3.05, 3.63) is 218 Å². The summed E-state index contributed by atoms with van der Waals surface area (Å²) in [6, 6.07) is 76.9. The van der Waals surface area contributed by atoms with Gasteiger partial charge >= 0.3 is 0 Å². The smallest absolute Gasteiger partial charge is 0.164 e. The molecule has 0 saturated heterocycles. The summed E-state index contributed by atoms with van der Waals surface area (Å²) in [6.45, 7) is 0. The van der Waals surface area contributed by atoms with Crippen molar-refractivity contribution in [1.29, 1.82) is 0 Å². The molecule has 0 atom stereocenters. The summed E-state index contributed by atoms with van der Waals surface area (Å²) in [5.74, 6) is 1.79. The van der Waals surface area contributed by atoms with Gasteiger partial charge in [-0.15, -0.1) is 0 Å². The maximum Gasteiger partial charge on any atom is 0.164 e. The lowest BCUT2D eigenvalue weighted by atomic mass is 9.90. The molecule has 0 aliphatic rings. The quantitative estimate of drug-likeness (QED) is 0.168. The van der Waals surface area contributed by atoms with Crippen molar-refractivity contribution in [3.63, 3.8) is 0 Å². The molecule has 0 radical (unpaired) electrons. The summed E-state index contributed by atoms with van der Waals surface area (Å²) in [6.07, 6.45) is 0. The molecule has 0 amide bonds. The molecule has 0 fully saturated rings. The van der Waals surface area contributed by atoms with Crippen LogP contribution in [0.25, 0.3) is 127 Å². The SMILES string of the molecule is c1ccc(-c2ccc(-c3nc(-c4ccccc4)nc(-c4ccc(-n5c6ccccc6c6cc7ccccc7cc65)cc4-c4c5ccccc5cc5oc6ccccc6c45)n3)cc2)cc1. The number of para-hydroxylation sites is 2. The van der Waals surface area contributed by atoms with Crippen LogP contribution in [0.3, 0.4) is 0 Å². The molecule has 64 heavy (non-hydrogen) atoms. The Hall–Kier alpha value is -8.67. The average Bonchev–Trinajstić information content (AvgIpc) is 3.90. The van der Waals surface area contributed by atoms with Crippen LogP contribution in [0.2, 0.25) is 0 Å². The van der Waals surface area contributed by atoms with E-state index in [0.717, 1.165) is 88.4 Å². The number of hydrogen-bond donors (Lipinski definition) is 0. The van der Waals surface area contributed by atoms with Crippen LogP contribution in [0.5, 0.6) is 0 Å². The summed E-state index contributed by atoms with van der Waals surface area (Å²) in [4.78, 5) is 15.9. The Morgan fingerprint density at radius 2 is 0.891 bits per heavy atom. The van der Waals surface area contributed by atoms with Crippen LogP contribution in [0, 0.1) is 0 Å². The van der Waals surface area contributed by atoms with Gasteiger partial charge in [0.15, 0.2) is 17.5 Å². The highest BCUT2D eigenvalue weighted by molar-refractivity contribution is 6.22. The van der Waals surface area contributed by atoms with E-state index in [4.69, 9.17) is 19.4 Å². The predicted molar refractivity (Wildman–Crippen MR) is 264 cm³/mol. The summed E-state index contributed by atoms with van der Waals surface area (Å²) >= 11 is 0. The van der Waals surface area contributed by atoms with Gasteiger partial charge in [0.1, 0.15) is 11.2 Å². The fourth-order valence-electron chi connectivity index (χ4n) is 9.62. The molecule has 10 aromatic carbocycles. The van der Waals surface area contributed by atoms with Gasteiger partial charge in [0.25, 0.3) is 0 Å². The lowest BCUT2D eigenvalue weighted by Crippen LogP contribution is -2.02. The zero-order chi connectivity index (χ0) is 42.1. The van der Waals surface area contributed by atoms with Crippen molar-refractivity contribution >= 4 is 65.3 Å². The predicted octanol–water partition coefficient (Wildman–Crippen LogP) is 15.5. The van der Waals surface area contributed by atoms with Crippen LogP contribution < -0.4 is 0 Å². The summed E-state index contributed by atoms with van der Waals surface area (Å²) in [5, 5.41) is 9.13. The number of hydrogen-bond acceptors (Lipinski definition) is 4. The van der Waals surface area contributed by atoms with E-state index in [2.05, 4.69) is 193 Å². The summed E-state index contributed by atoms with van der Waals surface area (Å²) in [7, 11) is 0. The second kappa shape index (κ2) is 14.5. The Kier molecular flexibility index (Phi) is 8.15. The van der Waals surface area contributed by atoms with Crippen molar-refractivity contribution < 1.29 is 4.42 Å². The standard InChI is InChI=1S/C59H36N4O/c1-3-15-37(16-4-1)38-27-29-40(30-28-38)58-60-57(39-17-5-2-6-18-39)61-59(62-58)47-32-31-44(63-51-25-13-11-23-46(51)49-33-41-19-7-8-20-42(41)34-52(49)63)36-50(47)55-45-22-10-9-21-43(45)35-54-56(55)48-24-12-14-26-53(48)64-54/h1-36H. The number of benzene rings is 10. The van der Waals surface area contributed by atoms with Gasteiger partial charge in [0.2, 0.25) is 0 Å². The normalized spacial score (nSPS) is 11.8. The van der Waals surface area contributed by atoms with Gasteiger partial charge in [0.05, 0.1) is 11.0 Å². The summed E-state index contributed by atoms with van der Waals surface area (Å²) in [5.41, 5.74) is 12.0. The summed E-state index contributed by atoms with van der Waals surface area (Å²) < 4.78 is 9.08. The van der Waals surface area contributed by atoms with Crippen molar-refractivity contribution in [2.75, 3.05) is 0 Å². The monoisotopic (exact) mass is 816 g/mol. The maximum atomic E-state index is 6.68. The van der Waals surface area contributed by atoms with Crippen molar-refractivity contribution in [2.45, 2.75) is 0 Å².